The number of aromatic amines is 2. The van der Waals surface area contributed by atoms with Crippen LogP contribution in [-0.2, 0) is 11.3 Å². The van der Waals surface area contributed by atoms with Crippen LogP contribution in [0.25, 0.3) is 33.3 Å². The number of phenols is 1. The molecular formula is C24H21N5O5S. The van der Waals surface area contributed by atoms with E-state index in [1.165, 1.54) is 11.8 Å². The lowest BCUT2D eigenvalue weighted by molar-refractivity contribution is 0.0522. The van der Waals surface area contributed by atoms with Gasteiger partial charge in [0.2, 0.25) is 0 Å². The van der Waals surface area contributed by atoms with Crippen molar-refractivity contribution < 1.29 is 24.2 Å². The fraction of sp³-hybridized carbons (Fsp3) is 0.208. The van der Waals surface area contributed by atoms with Crippen molar-refractivity contribution in [3.8, 4) is 17.1 Å². The van der Waals surface area contributed by atoms with Crippen LogP contribution in [0.5, 0.6) is 5.75 Å². The zero-order chi connectivity index (χ0) is 24.1. The van der Waals surface area contributed by atoms with Gasteiger partial charge in [-0.2, -0.15) is 0 Å². The molecule has 0 amide bonds. The Kier molecular flexibility index (Phi) is 5.24. The number of ether oxygens (including phenoxy) is 1. The summed E-state index contributed by atoms with van der Waals surface area (Å²) in [5.41, 5.74) is 4.20. The van der Waals surface area contributed by atoms with Crippen LogP contribution in [0.15, 0.2) is 51.2 Å². The average Bonchev–Trinajstić information content (AvgIpc) is 3.56. The van der Waals surface area contributed by atoms with Gasteiger partial charge >= 0.3 is 5.97 Å². The van der Waals surface area contributed by atoms with Gasteiger partial charge in [0.1, 0.15) is 17.0 Å². The molecule has 0 aliphatic carbocycles. The number of aliphatic hydroxyl groups excluding tert-OH is 1. The van der Waals surface area contributed by atoms with E-state index in [1.807, 2.05) is 12.1 Å². The highest BCUT2D eigenvalue weighted by Gasteiger charge is 2.29. The number of carbonyl (C=O) groups excluding carboxylic acids is 1. The molecule has 1 unspecified atom stereocenters. The number of imidazole rings is 1. The van der Waals surface area contributed by atoms with E-state index in [9.17, 15) is 15.0 Å². The SMILES string of the molecule is CCOC(=O)c1[nH]cc2c(-c3ccc(Sc4nc5ccc(O)cc5[nH]4)o3)c3c(nc12)CNCC3O. The van der Waals surface area contributed by atoms with Crippen molar-refractivity contribution in [3.05, 3.63) is 53.5 Å². The second-order valence-corrected chi connectivity index (χ2v) is 9.10. The molecule has 0 bridgehead atoms. The Morgan fingerprint density at radius 1 is 1.29 bits per heavy atom. The van der Waals surface area contributed by atoms with Gasteiger partial charge in [-0.15, -0.1) is 0 Å². The van der Waals surface area contributed by atoms with Crippen molar-refractivity contribution in [1.82, 2.24) is 25.3 Å². The van der Waals surface area contributed by atoms with E-state index in [-0.39, 0.29) is 18.1 Å². The van der Waals surface area contributed by atoms with E-state index in [1.54, 1.807) is 31.3 Å². The van der Waals surface area contributed by atoms with Gasteiger partial charge in [-0.05, 0) is 43.0 Å². The fourth-order valence-electron chi connectivity index (χ4n) is 4.38. The number of phenolic OH excluding ortho intramolecular Hbond substituents is 1. The molecule has 5 heterocycles. The topological polar surface area (TPSA) is 149 Å². The highest BCUT2D eigenvalue weighted by Crippen LogP contribution is 2.41. The number of fused-ring (bicyclic) bond motifs is 3. The molecule has 10 nitrogen and oxygen atoms in total. The molecule has 11 heteroatoms. The molecule has 1 aromatic carbocycles. The van der Waals surface area contributed by atoms with Crippen molar-refractivity contribution in [2.45, 2.75) is 29.8 Å². The van der Waals surface area contributed by atoms with E-state index < -0.39 is 12.1 Å². The molecule has 1 aliphatic rings. The molecule has 178 valence electrons. The summed E-state index contributed by atoms with van der Waals surface area (Å²) in [6, 6.07) is 8.60. The summed E-state index contributed by atoms with van der Waals surface area (Å²) in [7, 11) is 0. The molecule has 0 radical (unpaired) electrons. The number of hydrogen-bond acceptors (Lipinski definition) is 9. The van der Waals surface area contributed by atoms with Gasteiger partial charge in [0.05, 0.1) is 29.4 Å². The lowest BCUT2D eigenvalue weighted by Gasteiger charge is -2.24. The number of pyridine rings is 1. The minimum atomic E-state index is -0.782. The lowest BCUT2D eigenvalue weighted by Crippen LogP contribution is -2.29. The number of H-pyrrole nitrogens is 2. The van der Waals surface area contributed by atoms with E-state index in [0.717, 1.165) is 11.0 Å². The third-order valence-corrected chi connectivity index (χ3v) is 6.67. The predicted octanol–water partition coefficient (Wildman–Crippen LogP) is 3.87. The summed E-state index contributed by atoms with van der Waals surface area (Å²) in [6.07, 6.45) is 0.913. The smallest absolute Gasteiger partial charge is 0.357 e. The first kappa shape index (κ1) is 21.7. The fourth-order valence-corrected chi connectivity index (χ4v) is 5.14. The Hall–Kier alpha value is -3.80. The van der Waals surface area contributed by atoms with Crippen LogP contribution in [0.2, 0.25) is 0 Å². The molecule has 0 spiro atoms. The van der Waals surface area contributed by atoms with Crippen LogP contribution in [0.3, 0.4) is 0 Å². The van der Waals surface area contributed by atoms with Crippen LogP contribution < -0.4 is 5.32 Å². The maximum Gasteiger partial charge on any atom is 0.357 e. The van der Waals surface area contributed by atoms with Crippen molar-refractivity contribution in [1.29, 1.82) is 0 Å². The van der Waals surface area contributed by atoms with Crippen LogP contribution in [0.4, 0.5) is 0 Å². The van der Waals surface area contributed by atoms with E-state index in [2.05, 4.69) is 25.3 Å². The number of aliphatic hydroxyl groups is 1. The molecule has 0 saturated heterocycles. The van der Waals surface area contributed by atoms with Crippen molar-refractivity contribution >= 4 is 39.7 Å². The summed E-state index contributed by atoms with van der Waals surface area (Å²) >= 11 is 1.31. The molecule has 1 aliphatic heterocycles. The molecule has 5 aromatic rings. The van der Waals surface area contributed by atoms with E-state index >= 15 is 0 Å². The summed E-state index contributed by atoms with van der Waals surface area (Å²) in [5, 5.41) is 25.5. The quantitative estimate of drug-likeness (QED) is 0.231. The maximum atomic E-state index is 12.5. The Labute approximate surface area is 202 Å². The molecule has 6 rings (SSSR count). The number of β-amino-alcohol motifs (C(OH)–C–C–N with tert-alkyl or cyclic N) is 1. The van der Waals surface area contributed by atoms with Gasteiger partial charge < -0.3 is 34.7 Å². The number of nitrogens with one attached hydrogen (secondary N) is 3. The average molecular weight is 492 g/mol. The number of benzene rings is 1. The highest BCUT2D eigenvalue weighted by molar-refractivity contribution is 7.99. The zero-order valence-corrected chi connectivity index (χ0v) is 19.4. The number of aromatic nitrogens is 4. The molecule has 35 heavy (non-hydrogen) atoms. The maximum absolute atomic E-state index is 12.5. The number of esters is 1. The van der Waals surface area contributed by atoms with Gasteiger partial charge in [-0.25, -0.2) is 14.8 Å². The number of hydrogen-bond donors (Lipinski definition) is 5. The number of aromatic hydroxyl groups is 1. The number of nitrogens with zero attached hydrogens (tertiary/aromatic N) is 2. The van der Waals surface area contributed by atoms with E-state index in [4.69, 9.17) is 9.15 Å². The van der Waals surface area contributed by atoms with Crippen LogP contribution >= 0.6 is 11.8 Å². The van der Waals surface area contributed by atoms with Crippen molar-refractivity contribution in [2.75, 3.05) is 13.2 Å². The Bertz CT molecular complexity index is 1590. The number of furan rings is 1. The van der Waals surface area contributed by atoms with Crippen molar-refractivity contribution in [3.63, 3.8) is 0 Å². The summed E-state index contributed by atoms with van der Waals surface area (Å²) in [6.45, 7) is 2.84. The summed E-state index contributed by atoms with van der Waals surface area (Å²) in [4.78, 5) is 27.9. The Morgan fingerprint density at radius 2 is 2.17 bits per heavy atom. The van der Waals surface area contributed by atoms with Crippen LogP contribution in [-0.4, -0.2) is 49.3 Å². The lowest BCUT2D eigenvalue weighted by atomic mass is 9.93. The molecular weight excluding hydrogens is 470 g/mol. The van der Waals surface area contributed by atoms with Crippen LogP contribution in [0, 0.1) is 0 Å². The van der Waals surface area contributed by atoms with Gasteiger partial charge in [-0.1, -0.05) is 0 Å². The van der Waals surface area contributed by atoms with Crippen LogP contribution in [0.1, 0.15) is 34.8 Å². The first-order valence-corrected chi connectivity index (χ1v) is 11.9. The monoisotopic (exact) mass is 491 g/mol. The second-order valence-electron chi connectivity index (χ2n) is 8.10. The standard InChI is InChI=1S/C24H21N5O5S/c1-2-33-23(32)22-21-12(8-26-22)19(20-15(27-21)9-25-10-16(20)31)17-5-6-18(34-17)35-24-28-13-4-3-11(30)7-14(13)29-24/h3-8,16,25-26,30-31H,2,9-10H2,1H3,(H,28,29). The number of rotatable bonds is 5. The van der Waals surface area contributed by atoms with Gasteiger partial charge in [0.25, 0.3) is 0 Å². The third-order valence-electron chi connectivity index (χ3n) is 5.86. The zero-order valence-electron chi connectivity index (χ0n) is 18.6. The molecule has 0 saturated carbocycles. The number of carbonyl (C=O) groups is 1. The minimum absolute atomic E-state index is 0.159. The molecule has 5 N–H and O–H groups in total. The summed E-state index contributed by atoms with van der Waals surface area (Å²) < 4.78 is 11.4. The van der Waals surface area contributed by atoms with Gasteiger partial charge in [-0.3, -0.25) is 0 Å². The minimum Gasteiger partial charge on any atom is -0.508 e. The summed E-state index contributed by atoms with van der Waals surface area (Å²) in [5.74, 6) is 0.211. The third kappa shape index (κ3) is 3.73. The second kappa shape index (κ2) is 8.45. The first-order chi connectivity index (χ1) is 17.0. The largest absolute Gasteiger partial charge is 0.508 e. The Morgan fingerprint density at radius 3 is 3.03 bits per heavy atom. The Balaban J connectivity index is 1.44. The first-order valence-electron chi connectivity index (χ1n) is 11.1. The molecule has 4 aromatic heterocycles. The van der Waals surface area contributed by atoms with Gasteiger partial charge in [0, 0.05) is 41.9 Å². The van der Waals surface area contributed by atoms with Crippen molar-refractivity contribution in [2.24, 2.45) is 0 Å². The highest BCUT2D eigenvalue weighted by atomic mass is 32.2. The van der Waals surface area contributed by atoms with Gasteiger partial charge in [0.15, 0.2) is 15.9 Å². The normalized spacial score (nSPS) is 15.5. The van der Waals surface area contributed by atoms with E-state index in [0.29, 0.717) is 56.8 Å². The molecule has 1 atom stereocenters. The predicted molar refractivity (Wildman–Crippen MR) is 128 cm³/mol. The molecule has 0 fully saturated rings.